The number of halogens is 2. The number of hydrogen-bond donors (Lipinski definition) is 2. The van der Waals surface area contributed by atoms with Crippen LogP contribution in [-0.2, 0) is 0 Å². The van der Waals surface area contributed by atoms with Crippen molar-refractivity contribution in [1.82, 2.24) is 9.97 Å². The van der Waals surface area contributed by atoms with Gasteiger partial charge in [0.1, 0.15) is 17.3 Å². The Morgan fingerprint density at radius 1 is 1.56 bits per heavy atom. The van der Waals surface area contributed by atoms with Crippen LogP contribution < -0.4 is 5.32 Å². The smallest absolute Gasteiger partial charge is 0.148 e. The van der Waals surface area contributed by atoms with Crippen LogP contribution in [0, 0.1) is 5.41 Å². The minimum absolute atomic E-state index is 0.142. The molecule has 16 heavy (non-hydrogen) atoms. The number of aliphatic hydroxyl groups excluding tert-OH is 1. The predicted octanol–water partition coefficient (Wildman–Crippen LogP) is 2.46. The van der Waals surface area contributed by atoms with Gasteiger partial charge < -0.3 is 10.4 Å². The van der Waals surface area contributed by atoms with Crippen molar-refractivity contribution in [2.24, 2.45) is 5.41 Å². The highest BCUT2D eigenvalue weighted by Crippen LogP contribution is 2.42. The first-order chi connectivity index (χ1) is 7.43. The summed E-state index contributed by atoms with van der Waals surface area (Å²) in [6.45, 7) is 4.05. The largest absolute Gasteiger partial charge is 0.392 e. The minimum Gasteiger partial charge on any atom is -0.392 e. The highest BCUT2D eigenvalue weighted by atomic mass is 79.9. The third-order valence-electron chi connectivity index (χ3n) is 3.27. The van der Waals surface area contributed by atoms with E-state index < -0.39 is 0 Å². The lowest BCUT2D eigenvalue weighted by atomic mass is 9.64. The van der Waals surface area contributed by atoms with E-state index in [2.05, 4.69) is 31.2 Å². The summed E-state index contributed by atoms with van der Waals surface area (Å²) in [5.41, 5.74) is -0.142. The molecule has 0 saturated heterocycles. The molecule has 2 atom stereocenters. The molecule has 2 rings (SSSR count). The third kappa shape index (κ3) is 1.92. The SMILES string of the molecule is CC1(C)C(O)CC1Nc1ncnc(Cl)c1Br. The van der Waals surface area contributed by atoms with Crippen molar-refractivity contribution in [2.45, 2.75) is 32.4 Å². The molecule has 1 heterocycles. The van der Waals surface area contributed by atoms with Crippen molar-refractivity contribution < 1.29 is 5.11 Å². The number of rotatable bonds is 2. The molecular formula is C10H13BrClN3O. The van der Waals surface area contributed by atoms with E-state index in [1.54, 1.807) is 0 Å². The summed E-state index contributed by atoms with van der Waals surface area (Å²) in [6.07, 6.45) is 1.87. The molecule has 2 unspecified atom stereocenters. The number of nitrogens with zero attached hydrogens (tertiary/aromatic N) is 2. The maximum atomic E-state index is 9.64. The Morgan fingerprint density at radius 2 is 2.25 bits per heavy atom. The molecule has 1 saturated carbocycles. The molecule has 0 radical (unpaired) electrons. The van der Waals surface area contributed by atoms with Crippen LogP contribution in [0.15, 0.2) is 10.8 Å². The van der Waals surface area contributed by atoms with Gasteiger partial charge in [0.25, 0.3) is 0 Å². The monoisotopic (exact) mass is 305 g/mol. The zero-order valence-electron chi connectivity index (χ0n) is 9.04. The van der Waals surface area contributed by atoms with E-state index in [0.29, 0.717) is 15.4 Å². The van der Waals surface area contributed by atoms with E-state index in [1.807, 2.05) is 13.8 Å². The van der Waals surface area contributed by atoms with Crippen LogP contribution in [0.3, 0.4) is 0 Å². The van der Waals surface area contributed by atoms with E-state index >= 15 is 0 Å². The summed E-state index contributed by atoms with van der Waals surface area (Å²) in [5.74, 6) is 0.671. The Hall–Kier alpha value is -0.390. The van der Waals surface area contributed by atoms with Gasteiger partial charge >= 0.3 is 0 Å². The normalized spacial score (nSPS) is 27.3. The Bertz CT molecular complexity index is 413. The molecular weight excluding hydrogens is 293 g/mol. The van der Waals surface area contributed by atoms with Gasteiger partial charge in [0.05, 0.1) is 10.6 Å². The quantitative estimate of drug-likeness (QED) is 0.824. The molecule has 0 amide bonds. The van der Waals surface area contributed by atoms with Gasteiger partial charge in [-0.2, -0.15) is 0 Å². The molecule has 1 aliphatic rings. The molecule has 4 nitrogen and oxygen atoms in total. The minimum atomic E-state index is -0.263. The van der Waals surface area contributed by atoms with E-state index in [9.17, 15) is 5.11 Å². The van der Waals surface area contributed by atoms with Crippen LogP contribution >= 0.6 is 27.5 Å². The van der Waals surface area contributed by atoms with Crippen LogP contribution in [-0.4, -0.2) is 27.2 Å². The average molecular weight is 307 g/mol. The molecule has 1 fully saturated rings. The lowest BCUT2D eigenvalue weighted by molar-refractivity contribution is -0.0511. The fraction of sp³-hybridized carbons (Fsp3) is 0.600. The first-order valence-corrected chi connectivity index (χ1v) is 6.20. The molecule has 0 bridgehead atoms. The van der Waals surface area contributed by atoms with Gasteiger partial charge in [0, 0.05) is 11.5 Å². The van der Waals surface area contributed by atoms with Crippen molar-refractivity contribution in [2.75, 3.05) is 5.32 Å². The zero-order chi connectivity index (χ0) is 11.9. The second kappa shape index (κ2) is 4.13. The fourth-order valence-corrected chi connectivity index (χ4v) is 2.21. The van der Waals surface area contributed by atoms with Gasteiger partial charge in [0.2, 0.25) is 0 Å². The van der Waals surface area contributed by atoms with Crippen molar-refractivity contribution in [3.8, 4) is 0 Å². The summed E-state index contributed by atoms with van der Waals surface area (Å²) < 4.78 is 0.661. The maximum absolute atomic E-state index is 9.64. The summed E-state index contributed by atoms with van der Waals surface area (Å²) in [4.78, 5) is 7.98. The summed E-state index contributed by atoms with van der Waals surface area (Å²) in [7, 11) is 0. The summed E-state index contributed by atoms with van der Waals surface area (Å²) in [5, 5.41) is 13.3. The number of nitrogens with one attached hydrogen (secondary N) is 1. The van der Waals surface area contributed by atoms with E-state index in [1.165, 1.54) is 6.33 Å². The number of aromatic nitrogens is 2. The maximum Gasteiger partial charge on any atom is 0.148 e. The standard InChI is InChI=1S/C10H13BrClN3O/c1-10(2)5(3-6(10)16)15-9-7(11)8(12)13-4-14-9/h4-6,16H,3H2,1-2H3,(H,13,14,15). The molecule has 6 heteroatoms. The second-order valence-electron chi connectivity index (χ2n) is 4.60. The molecule has 2 N–H and O–H groups in total. The Morgan fingerprint density at radius 3 is 2.81 bits per heavy atom. The number of anilines is 1. The molecule has 1 aromatic rings. The molecule has 0 spiro atoms. The van der Waals surface area contributed by atoms with E-state index in [-0.39, 0.29) is 17.6 Å². The van der Waals surface area contributed by atoms with Gasteiger partial charge in [-0.25, -0.2) is 9.97 Å². The first-order valence-electron chi connectivity index (χ1n) is 5.03. The average Bonchev–Trinajstić information content (AvgIpc) is 2.24. The molecule has 1 aliphatic carbocycles. The van der Waals surface area contributed by atoms with Crippen LogP contribution in [0.25, 0.3) is 0 Å². The predicted molar refractivity (Wildman–Crippen MR) is 66.6 cm³/mol. The third-order valence-corrected chi connectivity index (χ3v) is 4.54. The number of aliphatic hydroxyl groups is 1. The fourth-order valence-electron chi connectivity index (χ4n) is 1.76. The second-order valence-corrected chi connectivity index (χ2v) is 5.75. The Balaban J connectivity index is 2.14. The lowest BCUT2D eigenvalue weighted by Crippen LogP contribution is -2.57. The van der Waals surface area contributed by atoms with Crippen LogP contribution in [0.5, 0.6) is 0 Å². The van der Waals surface area contributed by atoms with Gasteiger partial charge in [-0.3, -0.25) is 0 Å². The Labute approximate surface area is 108 Å². The molecule has 0 aromatic carbocycles. The molecule has 0 aliphatic heterocycles. The van der Waals surface area contributed by atoms with Crippen LogP contribution in [0.2, 0.25) is 5.15 Å². The van der Waals surface area contributed by atoms with Crippen molar-refractivity contribution in [3.05, 3.63) is 16.0 Å². The van der Waals surface area contributed by atoms with E-state index in [0.717, 1.165) is 6.42 Å². The van der Waals surface area contributed by atoms with Gasteiger partial charge in [-0.1, -0.05) is 25.4 Å². The lowest BCUT2D eigenvalue weighted by Gasteiger charge is -2.49. The Kier molecular flexibility index (Phi) is 3.11. The van der Waals surface area contributed by atoms with Gasteiger partial charge in [-0.05, 0) is 22.4 Å². The summed E-state index contributed by atoms with van der Waals surface area (Å²) >= 11 is 9.20. The van der Waals surface area contributed by atoms with Crippen LogP contribution in [0.1, 0.15) is 20.3 Å². The van der Waals surface area contributed by atoms with Crippen molar-refractivity contribution >= 4 is 33.3 Å². The van der Waals surface area contributed by atoms with Crippen molar-refractivity contribution in [1.29, 1.82) is 0 Å². The zero-order valence-corrected chi connectivity index (χ0v) is 11.4. The molecule has 1 aromatic heterocycles. The number of hydrogen-bond acceptors (Lipinski definition) is 4. The van der Waals surface area contributed by atoms with Gasteiger partial charge in [0.15, 0.2) is 0 Å². The summed E-state index contributed by atoms with van der Waals surface area (Å²) in [6, 6.07) is 0.199. The van der Waals surface area contributed by atoms with E-state index in [4.69, 9.17) is 11.6 Å². The highest BCUT2D eigenvalue weighted by molar-refractivity contribution is 9.10. The topological polar surface area (TPSA) is 58.0 Å². The van der Waals surface area contributed by atoms with Crippen molar-refractivity contribution in [3.63, 3.8) is 0 Å². The van der Waals surface area contributed by atoms with Crippen LogP contribution in [0.4, 0.5) is 5.82 Å². The highest BCUT2D eigenvalue weighted by Gasteiger charge is 2.47. The molecule has 88 valence electrons. The van der Waals surface area contributed by atoms with Gasteiger partial charge in [-0.15, -0.1) is 0 Å². The first kappa shape index (κ1) is 12.1.